The van der Waals surface area contributed by atoms with Gasteiger partial charge < -0.3 is 5.11 Å². The van der Waals surface area contributed by atoms with Crippen LogP contribution in [0.1, 0.15) is 66.2 Å². The summed E-state index contributed by atoms with van der Waals surface area (Å²) >= 11 is 0. The first-order valence-electron chi connectivity index (χ1n) is 8.14. The molecule has 7 nitrogen and oxygen atoms in total. The van der Waals surface area contributed by atoms with Crippen LogP contribution in [0.4, 0.5) is 0 Å². The van der Waals surface area contributed by atoms with Gasteiger partial charge in [0.2, 0.25) is 0 Å². The number of carboxylic acid groups (broad SMARTS) is 1. The highest BCUT2D eigenvalue weighted by atomic mass is 16.7. The molecule has 0 aromatic rings. The van der Waals surface area contributed by atoms with Crippen LogP contribution in [-0.4, -0.2) is 39.3 Å². The summed E-state index contributed by atoms with van der Waals surface area (Å²) in [5.41, 5.74) is 2.17. The number of hydrogen-bond acceptors (Lipinski definition) is 3. The van der Waals surface area contributed by atoms with Crippen molar-refractivity contribution in [1.29, 1.82) is 0 Å². The summed E-state index contributed by atoms with van der Waals surface area (Å²) in [6.45, 7) is 8.68. The van der Waals surface area contributed by atoms with Gasteiger partial charge >= 0.3 is 5.97 Å². The normalized spacial score (nSPS) is 22.2. The second kappa shape index (κ2) is 8.31. The zero-order valence-corrected chi connectivity index (χ0v) is 14.2. The van der Waals surface area contributed by atoms with E-state index in [1.54, 1.807) is 5.01 Å². The van der Waals surface area contributed by atoms with Crippen molar-refractivity contribution in [3.63, 3.8) is 0 Å². The van der Waals surface area contributed by atoms with E-state index in [9.17, 15) is 9.70 Å². The average molecular weight is 316 g/mol. The quantitative estimate of drug-likeness (QED) is 0.529. The SMILES string of the molecule is CCCCN([N+](=O)NOC1CCC(C(=O)O)CC1)C(C)(C)C. The Balaban J connectivity index is 2.42. The van der Waals surface area contributed by atoms with Gasteiger partial charge in [-0.15, -0.1) is 5.01 Å². The molecule has 0 bridgehead atoms. The third-order valence-corrected chi connectivity index (χ3v) is 4.04. The summed E-state index contributed by atoms with van der Waals surface area (Å²) in [6.07, 6.45) is 4.34. The predicted molar refractivity (Wildman–Crippen MR) is 82.6 cm³/mol. The molecular formula is C15H30N3O4+. The second-order valence-electron chi connectivity index (χ2n) is 6.94. The molecule has 0 spiro atoms. The second-order valence-corrected chi connectivity index (χ2v) is 6.94. The molecule has 0 unspecified atom stereocenters. The van der Waals surface area contributed by atoms with Gasteiger partial charge in [0.05, 0.1) is 29.0 Å². The van der Waals surface area contributed by atoms with E-state index in [4.69, 9.17) is 9.94 Å². The molecule has 2 N–H and O–H groups in total. The fourth-order valence-corrected chi connectivity index (χ4v) is 2.60. The van der Waals surface area contributed by atoms with Crippen LogP contribution in [0.3, 0.4) is 0 Å². The van der Waals surface area contributed by atoms with E-state index < -0.39 is 5.97 Å². The van der Waals surface area contributed by atoms with Crippen molar-refractivity contribution >= 4 is 5.97 Å². The van der Waals surface area contributed by atoms with Gasteiger partial charge in [0, 0.05) is 5.59 Å². The van der Waals surface area contributed by atoms with Crippen LogP contribution in [0.25, 0.3) is 0 Å². The van der Waals surface area contributed by atoms with Crippen molar-refractivity contribution in [1.82, 2.24) is 10.6 Å². The molecule has 0 radical (unpaired) electrons. The van der Waals surface area contributed by atoms with E-state index in [0.717, 1.165) is 12.8 Å². The Morgan fingerprint density at radius 1 is 1.32 bits per heavy atom. The largest absolute Gasteiger partial charge is 0.481 e. The van der Waals surface area contributed by atoms with Gasteiger partial charge in [-0.2, -0.15) is 0 Å². The Hall–Kier alpha value is -1.37. The standard InChI is InChI=1S/C15H29N3O4/c1-5-6-11-17(15(2,3)4)18(21)16-22-13-9-7-12(8-10-13)14(19)20/h12-13H,5-11H2,1-4H3,(H-,16,19,20,21)/p+1. The van der Waals surface area contributed by atoms with Crippen LogP contribution in [0, 0.1) is 10.8 Å². The van der Waals surface area contributed by atoms with Gasteiger partial charge in [0.25, 0.3) is 4.98 Å². The maximum atomic E-state index is 12.2. The Labute approximate surface area is 132 Å². The molecule has 0 aromatic heterocycles. The number of unbranched alkanes of at least 4 members (excludes halogenated alkanes) is 1. The first-order valence-corrected chi connectivity index (χ1v) is 8.14. The van der Waals surface area contributed by atoms with Crippen LogP contribution < -0.4 is 5.59 Å². The van der Waals surface area contributed by atoms with Crippen molar-refractivity contribution in [2.75, 3.05) is 6.54 Å². The molecule has 0 heterocycles. The fourth-order valence-electron chi connectivity index (χ4n) is 2.60. The Bertz CT molecular complexity index is 373. The van der Waals surface area contributed by atoms with E-state index in [0.29, 0.717) is 37.2 Å². The minimum absolute atomic E-state index is 0.111. The number of rotatable bonds is 8. The summed E-state index contributed by atoms with van der Waals surface area (Å²) in [5.74, 6) is -1.02. The summed E-state index contributed by atoms with van der Waals surface area (Å²) in [7, 11) is 0. The van der Waals surface area contributed by atoms with Gasteiger partial charge in [-0.25, -0.2) is 4.84 Å². The maximum absolute atomic E-state index is 12.2. The van der Waals surface area contributed by atoms with E-state index in [1.165, 1.54) is 0 Å². The van der Waals surface area contributed by atoms with E-state index >= 15 is 0 Å². The van der Waals surface area contributed by atoms with Gasteiger partial charge in [-0.05, 0) is 52.9 Å². The highest BCUT2D eigenvalue weighted by Gasteiger charge is 2.34. The Morgan fingerprint density at radius 3 is 2.36 bits per heavy atom. The Morgan fingerprint density at radius 2 is 1.91 bits per heavy atom. The van der Waals surface area contributed by atoms with E-state index in [-0.39, 0.29) is 17.6 Å². The molecule has 0 saturated heterocycles. The molecule has 1 fully saturated rings. The number of hydrazine groups is 2. The average Bonchev–Trinajstić information content (AvgIpc) is 2.44. The Kier molecular flexibility index (Phi) is 7.06. The van der Waals surface area contributed by atoms with Crippen LogP contribution in [-0.2, 0) is 9.63 Å². The minimum Gasteiger partial charge on any atom is -0.481 e. The maximum Gasteiger partial charge on any atom is 0.306 e. The first kappa shape index (κ1) is 18.7. The zero-order valence-electron chi connectivity index (χ0n) is 14.2. The third kappa shape index (κ3) is 5.79. The molecule has 7 heteroatoms. The summed E-state index contributed by atoms with van der Waals surface area (Å²) in [6, 6.07) is 0. The number of carbonyl (C=O) groups is 1. The lowest BCUT2D eigenvalue weighted by Crippen LogP contribution is -2.53. The van der Waals surface area contributed by atoms with Crippen molar-refractivity contribution in [2.24, 2.45) is 5.92 Å². The van der Waals surface area contributed by atoms with Gasteiger partial charge in [0.1, 0.15) is 0 Å². The predicted octanol–water partition coefficient (Wildman–Crippen LogP) is 2.66. The number of carboxylic acids is 1. The molecule has 0 aromatic carbocycles. The number of nitrogens with one attached hydrogen (secondary N) is 1. The van der Waals surface area contributed by atoms with E-state index in [1.807, 2.05) is 20.8 Å². The topological polar surface area (TPSA) is 81.9 Å². The molecule has 1 saturated carbocycles. The molecule has 0 aliphatic heterocycles. The molecule has 22 heavy (non-hydrogen) atoms. The molecule has 0 amide bonds. The molecule has 0 atom stereocenters. The molecule has 1 aliphatic rings. The number of aliphatic carboxylic acids is 1. The highest BCUT2D eigenvalue weighted by molar-refractivity contribution is 5.69. The monoisotopic (exact) mass is 316 g/mol. The first-order chi connectivity index (χ1) is 10.3. The van der Waals surface area contributed by atoms with Gasteiger partial charge in [-0.3, -0.25) is 4.79 Å². The van der Waals surface area contributed by atoms with Crippen LogP contribution in [0.5, 0.6) is 0 Å². The molecular weight excluding hydrogens is 286 g/mol. The van der Waals surface area contributed by atoms with Crippen molar-refractivity contribution in [2.45, 2.75) is 77.9 Å². The number of nitroso groups, excluding NO2 is 1. The summed E-state index contributed by atoms with van der Waals surface area (Å²) < 4.78 is 0. The van der Waals surface area contributed by atoms with Crippen molar-refractivity contribution in [3.8, 4) is 0 Å². The van der Waals surface area contributed by atoms with Crippen LogP contribution in [0.15, 0.2) is 0 Å². The molecule has 128 valence electrons. The van der Waals surface area contributed by atoms with Crippen LogP contribution >= 0.6 is 0 Å². The van der Waals surface area contributed by atoms with Crippen LogP contribution in [0.2, 0.25) is 0 Å². The lowest BCUT2D eigenvalue weighted by Gasteiger charge is -2.28. The highest BCUT2D eigenvalue weighted by Crippen LogP contribution is 2.26. The fraction of sp³-hybridized carbons (Fsp3) is 0.933. The number of hydrogen-bond donors (Lipinski definition) is 2. The smallest absolute Gasteiger partial charge is 0.306 e. The van der Waals surface area contributed by atoms with Gasteiger partial charge in [-0.1, -0.05) is 13.3 Å². The molecule has 1 rings (SSSR count). The third-order valence-electron chi connectivity index (χ3n) is 4.04. The summed E-state index contributed by atoms with van der Waals surface area (Å²) in [5, 5.41) is 10.7. The van der Waals surface area contributed by atoms with Gasteiger partial charge in [0.15, 0.2) is 0 Å². The number of nitrogens with zero attached hydrogens (tertiary/aromatic N) is 2. The minimum atomic E-state index is -0.740. The zero-order chi connectivity index (χ0) is 16.8. The van der Waals surface area contributed by atoms with E-state index in [2.05, 4.69) is 12.5 Å². The molecule has 1 aliphatic carbocycles. The summed E-state index contributed by atoms with van der Waals surface area (Å²) in [4.78, 5) is 29.3. The lowest BCUT2D eigenvalue weighted by atomic mass is 9.88. The van der Waals surface area contributed by atoms with Crippen molar-refractivity contribution in [3.05, 3.63) is 4.91 Å². The van der Waals surface area contributed by atoms with Crippen molar-refractivity contribution < 1.29 is 19.7 Å². The lowest BCUT2D eigenvalue weighted by molar-refractivity contribution is -0.802.